The fourth-order valence-corrected chi connectivity index (χ4v) is 3.61. The van der Waals surface area contributed by atoms with Crippen LogP contribution in [0.5, 0.6) is 5.75 Å². The van der Waals surface area contributed by atoms with E-state index in [-0.39, 0.29) is 24.8 Å². The second kappa shape index (κ2) is 11.5. The molecule has 0 spiro atoms. The largest absolute Gasteiger partial charge is 0.534 e. The number of rotatable bonds is 5. The summed E-state index contributed by atoms with van der Waals surface area (Å²) < 4.78 is 100. The molecule has 38 heavy (non-hydrogen) atoms. The monoisotopic (exact) mass is 566 g/mol. The van der Waals surface area contributed by atoms with E-state index in [1.807, 2.05) is 27.7 Å². The van der Waals surface area contributed by atoms with Crippen LogP contribution in [0.3, 0.4) is 0 Å². The van der Waals surface area contributed by atoms with E-state index in [0.29, 0.717) is 11.7 Å². The summed E-state index contributed by atoms with van der Waals surface area (Å²) in [5, 5.41) is 0. The molecule has 1 saturated heterocycles. The molecule has 2 aromatic carbocycles. The lowest BCUT2D eigenvalue weighted by Gasteiger charge is -2.32. The lowest BCUT2D eigenvalue weighted by Crippen LogP contribution is -2.41. The van der Waals surface area contributed by atoms with Crippen molar-refractivity contribution in [3.8, 4) is 5.75 Å². The van der Waals surface area contributed by atoms with Gasteiger partial charge in [-0.3, -0.25) is 9.59 Å². The number of alkyl halides is 3. The van der Waals surface area contributed by atoms with Crippen LogP contribution < -0.4 is 9.65 Å². The molecule has 1 heterocycles. The summed E-state index contributed by atoms with van der Waals surface area (Å²) >= 11 is 0. The molecule has 0 bridgehead atoms. The van der Waals surface area contributed by atoms with Crippen LogP contribution in [0.15, 0.2) is 24.3 Å². The van der Waals surface area contributed by atoms with Gasteiger partial charge in [-0.15, -0.1) is 0 Å². The Morgan fingerprint density at radius 2 is 1.26 bits per heavy atom. The quantitative estimate of drug-likeness (QED) is 0.164. The van der Waals surface area contributed by atoms with Gasteiger partial charge in [0.25, 0.3) is 0 Å². The number of hydrogen-bond donors (Lipinski definition) is 0. The molecule has 7 nitrogen and oxygen atoms in total. The number of carbonyl (C=O) groups excluding carboxylic acids is 2. The van der Waals surface area contributed by atoms with Gasteiger partial charge in [-0.05, 0) is 76.3 Å². The van der Waals surface area contributed by atoms with Gasteiger partial charge in [-0.1, -0.05) is 13.5 Å². The molecular weight excluding hydrogens is 538 g/mol. The highest BCUT2D eigenvalue weighted by atomic mass is 32.2. The van der Waals surface area contributed by atoms with Gasteiger partial charge >= 0.3 is 22.7 Å². The molecule has 14 heteroatoms. The zero-order chi connectivity index (χ0) is 28.6. The van der Waals surface area contributed by atoms with E-state index < -0.39 is 56.9 Å². The highest BCUT2D eigenvalue weighted by Gasteiger charge is 2.52. The minimum atomic E-state index is -5.94. The van der Waals surface area contributed by atoms with Crippen molar-refractivity contribution in [1.29, 1.82) is 0 Å². The Kier molecular flexibility index (Phi) is 10.0. The third-order valence-corrected chi connectivity index (χ3v) is 6.73. The Balaban J connectivity index is 0.000000371. The van der Waals surface area contributed by atoms with Crippen molar-refractivity contribution >= 4 is 35.3 Å². The van der Waals surface area contributed by atoms with Crippen LogP contribution in [0.2, 0.25) is 0 Å². The number of aryl methyl sites for hydroxylation is 2. The van der Waals surface area contributed by atoms with Gasteiger partial charge in [-0.25, -0.2) is 8.78 Å². The summed E-state index contributed by atoms with van der Waals surface area (Å²) in [7, 11) is -6.67. The van der Waals surface area contributed by atoms with Gasteiger partial charge < -0.3 is 13.5 Å². The topological polar surface area (TPSA) is 96.0 Å². The second-order valence-corrected chi connectivity index (χ2v) is 10.8. The third-order valence-electron chi connectivity index (χ3n) is 5.77. The first-order valence-electron chi connectivity index (χ1n) is 10.6. The van der Waals surface area contributed by atoms with E-state index in [1.54, 1.807) is 13.0 Å². The average Bonchev–Trinajstić information content (AvgIpc) is 2.93. The van der Waals surface area contributed by atoms with E-state index in [0.717, 1.165) is 17.7 Å². The van der Waals surface area contributed by atoms with Crippen LogP contribution in [0.25, 0.3) is 0 Å². The fraction of sp³-hybridized carbons (Fsp3) is 0.417. The van der Waals surface area contributed by atoms with E-state index in [1.165, 1.54) is 13.0 Å². The second-order valence-electron chi connectivity index (χ2n) is 9.22. The number of benzene rings is 2. The minimum absolute atomic E-state index is 0. The summed E-state index contributed by atoms with van der Waals surface area (Å²) in [4.78, 5) is 21.6. The van der Waals surface area contributed by atoms with Gasteiger partial charge in [0.2, 0.25) is 0 Å². The van der Waals surface area contributed by atoms with Gasteiger partial charge in [0.05, 0.1) is 16.8 Å². The van der Waals surface area contributed by atoms with Gasteiger partial charge in [0.1, 0.15) is 11.6 Å². The summed E-state index contributed by atoms with van der Waals surface area (Å²) in [6, 6.07) is 4.74. The third kappa shape index (κ3) is 6.97. The predicted octanol–water partition coefficient (Wildman–Crippen LogP) is 5.06. The van der Waals surface area contributed by atoms with Crippen molar-refractivity contribution in [2.24, 2.45) is 0 Å². The Bertz CT molecular complexity index is 1290. The van der Waals surface area contributed by atoms with Gasteiger partial charge in [0.15, 0.2) is 18.3 Å². The van der Waals surface area contributed by atoms with Crippen molar-refractivity contribution in [3.63, 3.8) is 0 Å². The van der Waals surface area contributed by atoms with Crippen LogP contribution in [-0.4, -0.2) is 44.8 Å². The molecule has 0 aliphatic carbocycles. The number of carbonyl (C=O) groups is 2. The molecule has 0 N–H and O–H groups in total. The number of halogens is 5. The van der Waals surface area contributed by atoms with Crippen LogP contribution in [0, 0.1) is 25.5 Å². The van der Waals surface area contributed by atoms with Crippen LogP contribution in [-0.2, 0) is 19.4 Å². The summed E-state index contributed by atoms with van der Waals surface area (Å²) in [5.74, 6) is -2.71. The van der Waals surface area contributed by atoms with E-state index in [2.05, 4.69) is 4.18 Å². The molecule has 2 aromatic rings. The molecule has 0 atom stereocenters. The van der Waals surface area contributed by atoms with E-state index in [9.17, 15) is 40.0 Å². The highest BCUT2D eigenvalue weighted by Crippen LogP contribution is 2.37. The molecule has 0 radical (unpaired) electrons. The van der Waals surface area contributed by atoms with Gasteiger partial charge in [-0.2, -0.15) is 21.6 Å². The zero-order valence-corrected chi connectivity index (χ0v) is 21.5. The van der Waals surface area contributed by atoms with Crippen molar-refractivity contribution < 1.29 is 53.5 Å². The van der Waals surface area contributed by atoms with E-state index >= 15 is 0 Å². The average molecular weight is 566 g/mol. The summed E-state index contributed by atoms with van der Waals surface area (Å²) in [5.41, 5.74) is -6.30. The Hall–Kier alpha value is -2.84. The van der Waals surface area contributed by atoms with Crippen LogP contribution in [0.4, 0.5) is 22.0 Å². The maximum atomic E-state index is 13.8. The Morgan fingerprint density at radius 3 is 1.68 bits per heavy atom. The predicted molar refractivity (Wildman–Crippen MR) is 131 cm³/mol. The number of aldehydes is 2. The maximum absolute atomic E-state index is 13.8. The van der Waals surface area contributed by atoms with Crippen LogP contribution in [0.1, 0.15) is 67.0 Å². The Labute approximate surface area is 218 Å². The molecule has 1 aliphatic rings. The minimum Gasteiger partial charge on any atom is -0.399 e. The summed E-state index contributed by atoms with van der Waals surface area (Å²) in [6.07, 6.45) is 0.380. The molecule has 3 rings (SSSR count). The molecular formula is C24H28BF5O7S. The highest BCUT2D eigenvalue weighted by molar-refractivity contribution is 7.88. The van der Waals surface area contributed by atoms with Crippen molar-refractivity contribution in [1.82, 2.24) is 0 Å². The molecule has 0 aromatic heterocycles. The smallest absolute Gasteiger partial charge is 0.399 e. The first-order chi connectivity index (χ1) is 16.8. The molecule has 1 fully saturated rings. The Morgan fingerprint density at radius 1 is 0.842 bits per heavy atom. The molecule has 0 unspecified atom stereocenters. The number of hydrogen-bond acceptors (Lipinski definition) is 7. The molecule has 210 valence electrons. The first-order valence-corrected chi connectivity index (χ1v) is 12.0. The standard InChI is InChI=1S/C14H18BFO3.C9H6F4O4S.CH4/c1-9-6-11(10(8-17)12(16)7-9)15-18-13(2,3)14(4,5)19-15;1-5-2-7(10)6(4-14)8(3-5)17-18(15,16)9(11,12)13;/h6-8H,1-5H3;2-4H,1H3;1H4. The normalized spacial score (nSPS) is 16.1. The SMILES string of the molecule is C.Cc1cc(F)c(C=O)c(B2OC(C)(C)C(C)(C)O2)c1.Cc1cc(F)c(C=O)c(OS(=O)(=O)C(F)(F)F)c1. The molecule has 0 saturated carbocycles. The lowest BCUT2D eigenvalue weighted by molar-refractivity contribution is -0.0500. The summed E-state index contributed by atoms with van der Waals surface area (Å²) in [6.45, 7) is 10.7. The molecule has 0 amide bonds. The maximum Gasteiger partial charge on any atom is 0.534 e. The van der Waals surface area contributed by atoms with Crippen molar-refractivity contribution in [2.75, 3.05) is 0 Å². The van der Waals surface area contributed by atoms with Crippen LogP contribution >= 0.6 is 0 Å². The van der Waals surface area contributed by atoms with Crippen molar-refractivity contribution in [2.45, 2.75) is 65.7 Å². The zero-order valence-electron chi connectivity index (χ0n) is 20.7. The first kappa shape index (κ1) is 33.2. The van der Waals surface area contributed by atoms with Crippen molar-refractivity contribution in [3.05, 3.63) is 58.2 Å². The van der Waals surface area contributed by atoms with E-state index in [4.69, 9.17) is 9.31 Å². The lowest BCUT2D eigenvalue weighted by atomic mass is 9.75. The fourth-order valence-electron chi connectivity index (χ4n) is 3.14. The molecule has 1 aliphatic heterocycles. The van der Waals surface area contributed by atoms with Gasteiger partial charge in [0, 0.05) is 5.56 Å².